The number of esters is 1. The molecule has 0 aliphatic heterocycles. The Balaban J connectivity index is 2.67. The van der Waals surface area contributed by atoms with Crippen LogP contribution in [-0.4, -0.2) is 18.7 Å². The fourth-order valence-electron chi connectivity index (χ4n) is 1.55. The Bertz CT molecular complexity index is 373. The molecule has 0 fully saturated rings. The van der Waals surface area contributed by atoms with Crippen molar-refractivity contribution in [2.75, 3.05) is 6.61 Å². The maximum atomic E-state index is 11.6. The predicted molar refractivity (Wildman–Crippen MR) is 70.4 cm³/mol. The number of benzene rings is 1. The van der Waals surface area contributed by atoms with Gasteiger partial charge in [0.25, 0.3) is 0 Å². The van der Waals surface area contributed by atoms with Crippen molar-refractivity contribution in [3.05, 3.63) is 29.8 Å². The molecule has 2 N–H and O–H groups in total. The second-order valence-electron chi connectivity index (χ2n) is 4.12. The smallest absolute Gasteiger partial charge is 0.347 e. The molecule has 0 aliphatic rings. The van der Waals surface area contributed by atoms with Crippen molar-refractivity contribution < 1.29 is 14.3 Å². The standard InChI is InChI=1S/C14H21NO3/c1-4-13(14(16)17-5-2)18-12-8-6-11(7-9-12)10(3)15/h6-10,13H,4-5,15H2,1-3H3/t10-,13?/m0/s1. The third kappa shape index (κ3) is 4.04. The lowest BCUT2D eigenvalue weighted by atomic mass is 10.1. The van der Waals surface area contributed by atoms with Crippen molar-refractivity contribution in [3.63, 3.8) is 0 Å². The summed E-state index contributed by atoms with van der Waals surface area (Å²) < 4.78 is 10.5. The van der Waals surface area contributed by atoms with Crippen LogP contribution in [0.3, 0.4) is 0 Å². The highest BCUT2D eigenvalue weighted by Crippen LogP contribution is 2.18. The average Bonchev–Trinajstić information content (AvgIpc) is 2.36. The number of ether oxygens (including phenoxy) is 2. The molecule has 1 aromatic carbocycles. The zero-order valence-corrected chi connectivity index (χ0v) is 11.2. The number of hydrogen-bond donors (Lipinski definition) is 1. The van der Waals surface area contributed by atoms with Gasteiger partial charge in [0.1, 0.15) is 5.75 Å². The zero-order chi connectivity index (χ0) is 13.5. The van der Waals surface area contributed by atoms with E-state index in [0.717, 1.165) is 5.56 Å². The molecule has 100 valence electrons. The van der Waals surface area contributed by atoms with E-state index in [-0.39, 0.29) is 12.0 Å². The molecule has 0 saturated heterocycles. The van der Waals surface area contributed by atoms with Crippen LogP contribution in [0.25, 0.3) is 0 Å². The Kier molecular flexibility index (Phi) is 5.65. The third-order valence-corrected chi connectivity index (χ3v) is 2.60. The minimum absolute atomic E-state index is 0.00826. The number of rotatable bonds is 6. The normalized spacial score (nSPS) is 13.8. The van der Waals surface area contributed by atoms with Gasteiger partial charge >= 0.3 is 5.97 Å². The molecule has 18 heavy (non-hydrogen) atoms. The molecule has 4 heteroatoms. The van der Waals surface area contributed by atoms with Crippen molar-refractivity contribution in [1.29, 1.82) is 0 Å². The van der Waals surface area contributed by atoms with E-state index in [1.165, 1.54) is 0 Å². The topological polar surface area (TPSA) is 61.5 Å². The van der Waals surface area contributed by atoms with Crippen LogP contribution in [0.1, 0.15) is 38.8 Å². The molecule has 0 amide bonds. The van der Waals surface area contributed by atoms with Gasteiger partial charge in [0.05, 0.1) is 6.61 Å². The first kappa shape index (κ1) is 14.5. The maximum Gasteiger partial charge on any atom is 0.347 e. The van der Waals surface area contributed by atoms with E-state index in [1.807, 2.05) is 38.1 Å². The van der Waals surface area contributed by atoms with Gasteiger partial charge in [-0.2, -0.15) is 0 Å². The molecular weight excluding hydrogens is 230 g/mol. The Morgan fingerprint density at radius 3 is 2.33 bits per heavy atom. The monoisotopic (exact) mass is 251 g/mol. The summed E-state index contributed by atoms with van der Waals surface area (Å²) in [4.78, 5) is 11.6. The van der Waals surface area contributed by atoms with Crippen LogP contribution in [0.2, 0.25) is 0 Å². The first-order valence-corrected chi connectivity index (χ1v) is 6.27. The highest BCUT2D eigenvalue weighted by molar-refractivity contribution is 5.75. The molecule has 0 spiro atoms. The van der Waals surface area contributed by atoms with Crippen molar-refractivity contribution >= 4 is 5.97 Å². The van der Waals surface area contributed by atoms with Gasteiger partial charge in [-0.25, -0.2) is 4.79 Å². The second kappa shape index (κ2) is 7.01. The zero-order valence-electron chi connectivity index (χ0n) is 11.2. The molecule has 0 aliphatic carbocycles. The van der Waals surface area contributed by atoms with Crippen LogP contribution in [0.15, 0.2) is 24.3 Å². The van der Waals surface area contributed by atoms with Gasteiger partial charge < -0.3 is 15.2 Å². The van der Waals surface area contributed by atoms with Crippen molar-refractivity contribution in [1.82, 2.24) is 0 Å². The SMILES string of the molecule is CCOC(=O)C(CC)Oc1ccc([C@H](C)N)cc1. The van der Waals surface area contributed by atoms with Gasteiger partial charge in [0.15, 0.2) is 6.10 Å². The molecule has 1 aromatic rings. The van der Waals surface area contributed by atoms with Crippen LogP contribution in [0.4, 0.5) is 0 Å². The summed E-state index contributed by atoms with van der Waals surface area (Å²) in [5, 5.41) is 0. The van der Waals surface area contributed by atoms with Gasteiger partial charge in [-0.1, -0.05) is 19.1 Å². The van der Waals surface area contributed by atoms with Crippen LogP contribution in [-0.2, 0) is 9.53 Å². The van der Waals surface area contributed by atoms with E-state index in [4.69, 9.17) is 15.2 Å². The number of carbonyl (C=O) groups is 1. The Labute approximate surface area is 108 Å². The summed E-state index contributed by atoms with van der Waals surface area (Å²) in [7, 11) is 0. The van der Waals surface area contributed by atoms with Crippen molar-refractivity contribution in [3.8, 4) is 5.75 Å². The molecule has 0 heterocycles. The number of nitrogens with two attached hydrogens (primary N) is 1. The first-order valence-electron chi connectivity index (χ1n) is 6.27. The molecule has 0 aromatic heterocycles. The Hall–Kier alpha value is -1.55. The lowest BCUT2D eigenvalue weighted by Crippen LogP contribution is -2.28. The van der Waals surface area contributed by atoms with Crippen molar-refractivity contribution in [2.45, 2.75) is 39.3 Å². The molecule has 1 rings (SSSR count). The highest BCUT2D eigenvalue weighted by Gasteiger charge is 2.19. The average molecular weight is 251 g/mol. The van der Waals surface area contributed by atoms with Crippen LogP contribution in [0.5, 0.6) is 5.75 Å². The van der Waals surface area contributed by atoms with Gasteiger partial charge in [-0.15, -0.1) is 0 Å². The molecule has 0 saturated carbocycles. The summed E-state index contributed by atoms with van der Waals surface area (Å²) in [6, 6.07) is 7.43. The second-order valence-corrected chi connectivity index (χ2v) is 4.12. The fourth-order valence-corrected chi connectivity index (χ4v) is 1.55. The minimum Gasteiger partial charge on any atom is -0.479 e. The summed E-state index contributed by atoms with van der Waals surface area (Å²) in [5.74, 6) is 0.329. The van der Waals surface area contributed by atoms with E-state index < -0.39 is 6.10 Å². The van der Waals surface area contributed by atoms with Gasteiger partial charge in [0, 0.05) is 6.04 Å². The Morgan fingerprint density at radius 1 is 1.28 bits per heavy atom. The van der Waals surface area contributed by atoms with Crippen LogP contribution in [0, 0.1) is 0 Å². The molecule has 4 nitrogen and oxygen atoms in total. The van der Waals surface area contributed by atoms with Crippen LogP contribution >= 0.6 is 0 Å². The minimum atomic E-state index is -0.550. The van der Waals surface area contributed by atoms with E-state index in [2.05, 4.69) is 0 Å². The van der Waals surface area contributed by atoms with Crippen LogP contribution < -0.4 is 10.5 Å². The molecule has 2 atom stereocenters. The van der Waals surface area contributed by atoms with E-state index in [9.17, 15) is 4.79 Å². The third-order valence-electron chi connectivity index (χ3n) is 2.60. The number of carbonyl (C=O) groups excluding carboxylic acids is 1. The lowest BCUT2D eigenvalue weighted by Gasteiger charge is -2.16. The van der Waals surface area contributed by atoms with E-state index >= 15 is 0 Å². The summed E-state index contributed by atoms with van der Waals surface area (Å²) in [5.41, 5.74) is 6.80. The fraction of sp³-hybridized carbons (Fsp3) is 0.500. The van der Waals surface area contributed by atoms with Gasteiger partial charge in [0.2, 0.25) is 0 Å². The molecular formula is C14H21NO3. The quantitative estimate of drug-likeness (QED) is 0.789. The molecule has 0 radical (unpaired) electrons. The number of hydrogen-bond acceptors (Lipinski definition) is 4. The lowest BCUT2D eigenvalue weighted by molar-refractivity contribution is -0.151. The van der Waals surface area contributed by atoms with Gasteiger partial charge in [-0.3, -0.25) is 0 Å². The Morgan fingerprint density at radius 2 is 1.89 bits per heavy atom. The predicted octanol–water partition coefficient (Wildman–Crippen LogP) is 2.43. The molecule has 1 unspecified atom stereocenters. The van der Waals surface area contributed by atoms with E-state index in [1.54, 1.807) is 6.92 Å². The van der Waals surface area contributed by atoms with E-state index in [0.29, 0.717) is 18.8 Å². The first-order chi connectivity index (χ1) is 8.58. The summed E-state index contributed by atoms with van der Waals surface area (Å²) in [6.07, 6.45) is 0.0274. The summed E-state index contributed by atoms with van der Waals surface area (Å²) >= 11 is 0. The maximum absolute atomic E-state index is 11.6. The highest BCUT2D eigenvalue weighted by atomic mass is 16.6. The molecule has 0 bridgehead atoms. The summed E-state index contributed by atoms with van der Waals surface area (Å²) in [6.45, 7) is 5.95. The largest absolute Gasteiger partial charge is 0.479 e. The van der Waals surface area contributed by atoms with Crippen molar-refractivity contribution in [2.24, 2.45) is 5.73 Å². The van der Waals surface area contributed by atoms with Gasteiger partial charge in [-0.05, 0) is 38.0 Å².